The molecule has 0 atom stereocenters. The van der Waals surface area contributed by atoms with Gasteiger partial charge < -0.3 is 20.4 Å². The highest BCUT2D eigenvalue weighted by Crippen LogP contribution is 2.22. The third-order valence-corrected chi connectivity index (χ3v) is 3.33. The van der Waals surface area contributed by atoms with Gasteiger partial charge in [-0.2, -0.15) is 0 Å². The van der Waals surface area contributed by atoms with Gasteiger partial charge in [-0.1, -0.05) is 12.1 Å². The first-order valence-corrected chi connectivity index (χ1v) is 6.19. The molecule has 1 aromatic carbocycles. The molecule has 1 rings (SSSR count). The van der Waals surface area contributed by atoms with Crippen LogP contribution in [0.1, 0.15) is 29.8 Å². The molecule has 0 fully saturated rings. The number of carbonyl (C=O) groups is 2. The second kappa shape index (κ2) is 5.92. The van der Waals surface area contributed by atoms with E-state index in [4.69, 9.17) is 5.11 Å². The van der Waals surface area contributed by atoms with Gasteiger partial charge in [0.2, 0.25) is 0 Å². The maximum atomic E-state index is 12.2. The van der Waals surface area contributed by atoms with Gasteiger partial charge in [0, 0.05) is 7.05 Å². The van der Waals surface area contributed by atoms with Crippen LogP contribution in [-0.2, 0) is 0 Å². The molecule has 0 bridgehead atoms. The number of benzene rings is 1. The Morgan fingerprint density at radius 2 is 1.95 bits per heavy atom. The van der Waals surface area contributed by atoms with Crippen molar-refractivity contribution in [1.82, 2.24) is 4.90 Å². The molecule has 6 nitrogen and oxygen atoms in total. The number of para-hydroxylation sites is 1. The Bertz CT molecular complexity index is 526. The van der Waals surface area contributed by atoms with E-state index in [1.165, 1.54) is 11.0 Å². The van der Waals surface area contributed by atoms with Gasteiger partial charge >= 0.3 is 12.0 Å². The van der Waals surface area contributed by atoms with Crippen molar-refractivity contribution in [1.29, 1.82) is 0 Å². The van der Waals surface area contributed by atoms with Crippen molar-refractivity contribution >= 4 is 17.7 Å². The molecule has 0 spiro atoms. The molecule has 2 amide bonds. The lowest BCUT2D eigenvalue weighted by Gasteiger charge is -2.34. The summed E-state index contributed by atoms with van der Waals surface area (Å²) in [7, 11) is 1.55. The van der Waals surface area contributed by atoms with Gasteiger partial charge in [-0.15, -0.1) is 0 Å². The van der Waals surface area contributed by atoms with Gasteiger partial charge in [0.05, 0.1) is 23.4 Å². The van der Waals surface area contributed by atoms with Crippen molar-refractivity contribution in [3.05, 3.63) is 29.3 Å². The van der Waals surface area contributed by atoms with E-state index in [0.717, 1.165) is 0 Å². The highest BCUT2D eigenvalue weighted by molar-refractivity contribution is 6.01. The predicted octanol–water partition coefficient (Wildman–Crippen LogP) is 1.93. The van der Waals surface area contributed by atoms with Gasteiger partial charge in [-0.25, -0.2) is 9.59 Å². The predicted molar refractivity (Wildman–Crippen MR) is 76.1 cm³/mol. The number of carboxylic acids is 1. The molecule has 3 N–H and O–H groups in total. The molecule has 0 aromatic heterocycles. The fourth-order valence-electron chi connectivity index (χ4n) is 1.58. The number of aliphatic hydroxyl groups is 1. The van der Waals surface area contributed by atoms with E-state index < -0.39 is 17.5 Å². The summed E-state index contributed by atoms with van der Waals surface area (Å²) >= 11 is 0. The Hall–Kier alpha value is -2.08. The Labute approximate surface area is 118 Å². The Morgan fingerprint density at radius 3 is 2.45 bits per heavy atom. The summed E-state index contributed by atoms with van der Waals surface area (Å²) in [5, 5.41) is 21.0. The molecule has 6 heteroatoms. The molecule has 0 saturated heterocycles. The zero-order valence-electron chi connectivity index (χ0n) is 12.1. The largest absolute Gasteiger partial charge is 0.478 e. The number of aryl methyl sites for hydroxylation is 1. The van der Waals surface area contributed by atoms with Crippen LogP contribution in [0.25, 0.3) is 0 Å². The number of likely N-dealkylation sites (N-methyl/N-ethyl adjacent to an activating group) is 1. The molecule has 1 aromatic rings. The summed E-state index contributed by atoms with van der Waals surface area (Å²) in [4.78, 5) is 24.7. The molecule has 20 heavy (non-hydrogen) atoms. The van der Waals surface area contributed by atoms with E-state index >= 15 is 0 Å². The second-order valence-corrected chi connectivity index (χ2v) is 5.26. The van der Waals surface area contributed by atoms with Gasteiger partial charge in [-0.3, -0.25) is 0 Å². The van der Waals surface area contributed by atoms with E-state index in [0.29, 0.717) is 5.56 Å². The number of rotatable bonds is 4. The molecular formula is C14H20N2O4. The molecule has 0 radical (unpaired) electrons. The van der Waals surface area contributed by atoms with Crippen molar-refractivity contribution in [2.45, 2.75) is 26.3 Å². The molecular weight excluding hydrogens is 260 g/mol. The van der Waals surface area contributed by atoms with E-state index in [1.54, 1.807) is 40.0 Å². The maximum absolute atomic E-state index is 12.2. The van der Waals surface area contributed by atoms with Gasteiger partial charge in [0.15, 0.2) is 0 Å². The highest BCUT2D eigenvalue weighted by atomic mass is 16.4. The third-order valence-electron chi connectivity index (χ3n) is 3.33. The smallest absolute Gasteiger partial charge is 0.337 e. The number of urea groups is 1. The third kappa shape index (κ3) is 3.27. The number of hydrogen-bond donors (Lipinski definition) is 3. The van der Waals surface area contributed by atoms with Crippen LogP contribution >= 0.6 is 0 Å². The summed E-state index contributed by atoms with van der Waals surface area (Å²) in [6.07, 6.45) is 0. The van der Waals surface area contributed by atoms with E-state index in [1.807, 2.05) is 0 Å². The number of carbonyl (C=O) groups excluding carboxylic acids is 1. The summed E-state index contributed by atoms with van der Waals surface area (Å²) in [5.41, 5.74) is 0.225. The van der Waals surface area contributed by atoms with Crippen molar-refractivity contribution in [2.75, 3.05) is 19.0 Å². The fourth-order valence-corrected chi connectivity index (χ4v) is 1.58. The van der Waals surface area contributed by atoms with Gasteiger partial charge in [0.25, 0.3) is 0 Å². The molecule has 0 aliphatic rings. The average molecular weight is 280 g/mol. The fraction of sp³-hybridized carbons (Fsp3) is 0.429. The zero-order chi connectivity index (χ0) is 15.5. The van der Waals surface area contributed by atoms with Crippen LogP contribution in [0.4, 0.5) is 10.5 Å². The number of nitrogens with one attached hydrogen (secondary N) is 1. The summed E-state index contributed by atoms with van der Waals surface area (Å²) < 4.78 is 0. The first-order valence-electron chi connectivity index (χ1n) is 6.19. The maximum Gasteiger partial charge on any atom is 0.337 e. The summed E-state index contributed by atoms with van der Waals surface area (Å²) in [6.45, 7) is 4.95. The average Bonchev–Trinajstić information content (AvgIpc) is 2.39. The van der Waals surface area contributed by atoms with E-state index in [-0.39, 0.29) is 17.9 Å². The Balaban J connectivity index is 3.05. The van der Waals surface area contributed by atoms with Crippen molar-refractivity contribution in [3.8, 4) is 0 Å². The van der Waals surface area contributed by atoms with E-state index in [9.17, 15) is 14.7 Å². The molecule has 110 valence electrons. The molecule has 0 saturated carbocycles. The Morgan fingerprint density at radius 1 is 1.35 bits per heavy atom. The Kier molecular flexibility index (Phi) is 4.73. The van der Waals surface area contributed by atoms with Crippen LogP contribution in [0, 0.1) is 6.92 Å². The monoisotopic (exact) mass is 280 g/mol. The number of hydrogen-bond acceptors (Lipinski definition) is 3. The normalized spacial score (nSPS) is 11.1. The minimum atomic E-state index is -1.10. The second-order valence-electron chi connectivity index (χ2n) is 5.26. The van der Waals surface area contributed by atoms with Crippen LogP contribution in [-0.4, -0.2) is 46.3 Å². The number of amides is 2. The molecule has 0 aliphatic heterocycles. The van der Waals surface area contributed by atoms with E-state index in [2.05, 4.69) is 5.32 Å². The minimum Gasteiger partial charge on any atom is -0.478 e. The van der Waals surface area contributed by atoms with Crippen LogP contribution in [0.2, 0.25) is 0 Å². The minimum absolute atomic E-state index is 0.0357. The van der Waals surface area contributed by atoms with Gasteiger partial charge in [-0.05, 0) is 32.4 Å². The number of aromatic carboxylic acids is 1. The van der Waals surface area contributed by atoms with Gasteiger partial charge in [0.1, 0.15) is 0 Å². The summed E-state index contributed by atoms with van der Waals surface area (Å²) in [6, 6.07) is 4.30. The first-order chi connectivity index (χ1) is 9.20. The number of nitrogens with zero attached hydrogens (tertiary/aromatic N) is 1. The lowest BCUT2D eigenvalue weighted by Crippen LogP contribution is -2.49. The zero-order valence-corrected chi connectivity index (χ0v) is 12.1. The van der Waals surface area contributed by atoms with Crippen molar-refractivity contribution < 1.29 is 19.8 Å². The van der Waals surface area contributed by atoms with Crippen molar-refractivity contribution in [2.24, 2.45) is 0 Å². The quantitative estimate of drug-likeness (QED) is 0.786. The summed E-state index contributed by atoms with van der Waals surface area (Å²) in [5.74, 6) is -1.10. The topological polar surface area (TPSA) is 89.9 Å². The molecule has 0 aliphatic carbocycles. The molecule has 0 heterocycles. The van der Waals surface area contributed by atoms with Crippen LogP contribution in [0.3, 0.4) is 0 Å². The number of anilines is 1. The standard InChI is InChI=1S/C14H20N2O4/c1-9-6-5-7-10(12(18)19)11(9)15-13(20)16(4)14(2,3)8-17/h5-7,17H,8H2,1-4H3,(H,15,20)(H,18,19). The molecule has 0 unspecified atom stereocenters. The SMILES string of the molecule is Cc1cccc(C(=O)O)c1NC(=O)N(C)C(C)(C)CO. The number of aliphatic hydroxyl groups excluding tert-OH is 1. The lowest BCUT2D eigenvalue weighted by molar-refractivity contribution is 0.0698. The van der Waals surface area contributed by atoms with Crippen LogP contribution < -0.4 is 5.32 Å². The van der Waals surface area contributed by atoms with Crippen LogP contribution in [0.15, 0.2) is 18.2 Å². The first kappa shape index (κ1) is 16.0. The van der Waals surface area contributed by atoms with Crippen LogP contribution in [0.5, 0.6) is 0 Å². The van der Waals surface area contributed by atoms with Crippen molar-refractivity contribution in [3.63, 3.8) is 0 Å². The lowest BCUT2D eigenvalue weighted by atomic mass is 10.1. The highest BCUT2D eigenvalue weighted by Gasteiger charge is 2.27. The number of carboxylic acid groups (broad SMARTS) is 1.